The normalized spacial score (nSPS) is 15.6. The fourth-order valence-electron chi connectivity index (χ4n) is 3.83. The summed E-state index contributed by atoms with van der Waals surface area (Å²) in [6.45, 7) is 7.10. The van der Waals surface area contributed by atoms with Crippen LogP contribution in [0.3, 0.4) is 0 Å². The smallest absolute Gasteiger partial charge is 0.171 e. The van der Waals surface area contributed by atoms with Crippen molar-refractivity contribution in [1.29, 1.82) is 0 Å². The zero-order chi connectivity index (χ0) is 19.3. The minimum absolute atomic E-state index is 0.0906. The molecular weight excluding hydrogens is 352 g/mol. The van der Waals surface area contributed by atoms with Crippen molar-refractivity contribution in [3.63, 3.8) is 0 Å². The lowest BCUT2D eigenvalue weighted by atomic mass is 9.88. The van der Waals surface area contributed by atoms with Gasteiger partial charge in [-0.15, -0.1) is 0 Å². The van der Waals surface area contributed by atoms with Crippen LogP contribution in [0.5, 0.6) is 5.75 Å². The van der Waals surface area contributed by atoms with Gasteiger partial charge in [-0.25, -0.2) is 0 Å². The Bertz CT molecular complexity index is 747. The summed E-state index contributed by atoms with van der Waals surface area (Å²) in [4.78, 5) is 0. The SMILES string of the molecule is CCOc1ccc(C2(NC(=S)Nc3ccc(C(C)C)cc3)CCCC2)cc1. The van der Waals surface area contributed by atoms with Gasteiger partial charge in [0, 0.05) is 5.69 Å². The molecule has 1 saturated carbocycles. The fourth-order valence-corrected chi connectivity index (χ4v) is 4.15. The first-order valence-electron chi connectivity index (χ1n) is 9.95. The molecule has 0 heterocycles. The standard InChI is InChI=1S/C23H30N2OS/c1-4-26-21-13-9-19(10-14-21)23(15-5-6-16-23)25-22(27)24-20-11-7-18(8-12-20)17(2)3/h7-14,17H,4-6,15-16H2,1-3H3,(H2,24,25,27). The van der Waals surface area contributed by atoms with E-state index in [0.717, 1.165) is 24.3 Å². The number of benzene rings is 2. The summed E-state index contributed by atoms with van der Waals surface area (Å²) < 4.78 is 5.58. The van der Waals surface area contributed by atoms with Gasteiger partial charge in [0.15, 0.2) is 5.11 Å². The number of hydrogen-bond donors (Lipinski definition) is 2. The summed E-state index contributed by atoms with van der Waals surface area (Å²) in [5, 5.41) is 7.67. The Hall–Kier alpha value is -2.07. The van der Waals surface area contributed by atoms with Crippen LogP contribution in [0.1, 0.15) is 63.5 Å². The van der Waals surface area contributed by atoms with Gasteiger partial charge in [0.1, 0.15) is 5.75 Å². The lowest BCUT2D eigenvalue weighted by molar-refractivity contribution is 0.339. The molecule has 2 aromatic carbocycles. The van der Waals surface area contributed by atoms with Crippen LogP contribution in [0.2, 0.25) is 0 Å². The molecule has 144 valence electrons. The Balaban J connectivity index is 1.70. The summed E-state index contributed by atoms with van der Waals surface area (Å²) in [5.74, 6) is 1.45. The van der Waals surface area contributed by atoms with Crippen LogP contribution in [0, 0.1) is 0 Å². The van der Waals surface area contributed by atoms with Crippen LogP contribution in [-0.4, -0.2) is 11.7 Å². The Morgan fingerprint density at radius 1 is 1.04 bits per heavy atom. The molecule has 0 amide bonds. The Morgan fingerprint density at radius 3 is 2.22 bits per heavy atom. The number of ether oxygens (including phenoxy) is 1. The third kappa shape index (κ3) is 4.81. The van der Waals surface area contributed by atoms with Crippen LogP contribution in [0.4, 0.5) is 5.69 Å². The number of rotatable bonds is 6. The monoisotopic (exact) mass is 382 g/mol. The van der Waals surface area contributed by atoms with Crippen molar-refractivity contribution in [3.8, 4) is 5.75 Å². The lowest BCUT2D eigenvalue weighted by Gasteiger charge is -2.32. The Kier molecular flexibility index (Phi) is 6.38. The van der Waals surface area contributed by atoms with Gasteiger partial charge >= 0.3 is 0 Å². The van der Waals surface area contributed by atoms with Crippen molar-refractivity contribution in [2.45, 2.75) is 57.9 Å². The molecule has 3 nitrogen and oxygen atoms in total. The summed E-state index contributed by atoms with van der Waals surface area (Å²) >= 11 is 5.65. The average molecular weight is 383 g/mol. The highest BCUT2D eigenvalue weighted by atomic mass is 32.1. The molecule has 0 atom stereocenters. The van der Waals surface area contributed by atoms with Crippen molar-refractivity contribution in [2.75, 3.05) is 11.9 Å². The molecule has 0 bridgehead atoms. The van der Waals surface area contributed by atoms with Gasteiger partial charge in [0.2, 0.25) is 0 Å². The molecule has 0 saturated heterocycles. The molecule has 2 aromatic rings. The first-order chi connectivity index (χ1) is 13.0. The summed E-state index contributed by atoms with van der Waals surface area (Å²) in [5.41, 5.74) is 3.55. The molecule has 0 aromatic heterocycles. The van der Waals surface area contributed by atoms with E-state index in [-0.39, 0.29) is 5.54 Å². The van der Waals surface area contributed by atoms with Gasteiger partial charge in [-0.2, -0.15) is 0 Å². The van der Waals surface area contributed by atoms with Gasteiger partial charge in [-0.3, -0.25) is 0 Å². The minimum Gasteiger partial charge on any atom is -0.494 e. The maximum atomic E-state index is 5.65. The molecule has 0 spiro atoms. The highest BCUT2D eigenvalue weighted by molar-refractivity contribution is 7.80. The molecule has 1 aliphatic rings. The van der Waals surface area contributed by atoms with Crippen LogP contribution in [0.15, 0.2) is 48.5 Å². The second-order valence-electron chi connectivity index (χ2n) is 7.60. The largest absolute Gasteiger partial charge is 0.494 e. The molecule has 2 N–H and O–H groups in total. The van der Waals surface area contributed by atoms with E-state index in [1.165, 1.54) is 24.0 Å². The van der Waals surface area contributed by atoms with Gasteiger partial charge in [-0.05, 0) is 73.3 Å². The molecule has 0 aliphatic heterocycles. The third-order valence-electron chi connectivity index (χ3n) is 5.36. The summed E-state index contributed by atoms with van der Waals surface area (Å²) in [6.07, 6.45) is 4.61. The first-order valence-corrected chi connectivity index (χ1v) is 10.4. The molecule has 0 unspecified atom stereocenters. The molecule has 1 fully saturated rings. The fraction of sp³-hybridized carbons (Fsp3) is 0.435. The van der Waals surface area contributed by atoms with E-state index < -0.39 is 0 Å². The molecule has 27 heavy (non-hydrogen) atoms. The van der Waals surface area contributed by atoms with Crippen LogP contribution < -0.4 is 15.4 Å². The highest BCUT2D eigenvalue weighted by Gasteiger charge is 2.36. The van der Waals surface area contributed by atoms with Gasteiger partial charge < -0.3 is 15.4 Å². The van der Waals surface area contributed by atoms with E-state index in [1.54, 1.807) is 0 Å². The lowest BCUT2D eigenvalue weighted by Crippen LogP contribution is -2.45. The summed E-state index contributed by atoms with van der Waals surface area (Å²) in [7, 11) is 0. The molecular formula is C23H30N2OS. The van der Waals surface area contributed by atoms with Crippen molar-refractivity contribution >= 4 is 23.0 Å². The Labute approximate surface area is 168 Å². The number of thiocarbonyl (C=S) groups is 1. The van der Waals surface area contributed by atoms with E-state index in [1.807, 2.05) is 6.92 Å². The predicted octanol–water partition coefficient (Wildman–Crippen LogP) is 5.96. The van der Waals surface area contributed by atoms with Gasteiger partial charge in [-0.1, -0.05) is 51.0 Å². The van der Waals surface area contributed by atoms with Crippen molar-refractivity contribution in [2.24, 2.45) is 0 Å². The quantitative estimate of drug-likeness (QED) is 0.604. The van der Waals surface area contributed by atoms with Crippen LogP contribution in [0.25, 0.3) is 0 Å². The molecule has 4 heteroatoms. The van der Waals surface area contributed by atoms with Crippen LogP contribution >= 0.6 is 12.2 Å². The second kappa shape index (κ2) is 8.75. The minimum atomic E-state index is -0.0906. The summed E-state index contributed by atoms with van der Waals surface area (Å²) in [6, 6.07) is 17.0. The highest BCUT2D eigenvalue weighted by Crippen LogP contribution is 2.39. The molecule has 0 radical (unpaired) electrons. The Morgan fingerprint density at radius 2 is 1.67 bits per heavy atom. The van der Waals surface area contributed by atoms with E-state index in [9.17, 15) is 0 Å². The number of anilines is 1. The topological polar surface area (TPSA) is 33.3 Å². The van der Waals surface area contributed by atoms with E-state index in [4.69, 9.17) is 17.0 Å². The van der Waals surface area contributed by atoms with Crippen molar-refractivity contribution in [1.82, 2.24) is 5.32 Å². The maximum Gasteiger partial charge on any atom is 0.171 e. The molecule has 1 aliphatic carbocycles. The average Bonchev–Trinajstić information content (AvgIpc) is 3.12. The predicted molar refractivity (Wildman–Crippen MR) is 118 cm³/mol. The van der Waals surface area contributed by atoms with Gasteiger partial charge in [0.05, 0.1) is 12.1 Å². The zero-order valence-corrected chi connectivity index (χ0v) is 17.4. The van der Waals surface area contributed by atoms with E-state index in [2.05, 4.69) is 73.0 Å². The first kappa shape index (κ1) is 19.7. The number of nitrogens with one attached hydrogen (secondary N) is 2. The van der Waals surface area contributed by atoms with E-state index in [0.29, 0.717) is 17.6 Å². The van der Waals surface area contributed by atoms with Crippen LogP contribution in [-0.2, 0) is 5.54 Å². The van der Waals surface area contributed by atoms with E-state index >= 15 is 0 Å². The van der Waals surface area contributed by atoms with Crippen molar-refractivity contribution in [3.05, 3.63) is 59.7 Å². The number of hydrogen-bond acceptors (Lipinski definition) is 2. The molecule has 3 rings (SSSR count). The zero-order valence-electron chi connectivity index (χ0n) is 16.5. The second-order valence-corrected chi connectivity index (χ2v) is 8.01. The third-order valence-corrected chi connectivity index (χ3v) is 5.57. The van der Waals surface area contributed by atoms with Crippen molar-refractivity contribution < 1.29 is 4.74 Å². The maximum absolute atomic E-state index is 5.65. The van der Waals surface area contributed by atoms with Gasteiger partial charge in [0.25, 0.3) is 0 Å².